The van der Waals surface area contributed by atoms with Crippen molar-refractivity contribution in [1.29, 1.82) is 0 Å². The molecule has 1 saturated carbocycles. The molecule has 2 heterocycles. The molecule has 0 aromatic carbocycles. The molecule has 1 saturated heterocycles. The van der Waals surface area contributed by atoms with Crippen molar-refractivity contribution in [3.05, 3.63) is 18.0 Å². The van der Waals surface area contributed by atoms with Gasteiger partial charge in [-0.2, -0.15) is 5.10 Å². The number of likely N-dealkylation sites (tertiary alicyclic amines) is 1. The van der Waals surface area contributed by atoms with E-state index < -0.39 is 11.9 Å². The van der Waals surface area contributed by atoms with E-state index in [0.717, 1.165) is 12.8 Å². The molecule has 2 aliphatic rings. The number of rotatable bonds is 3. The highest BCUT2D eigenvalue weighted by Crippen LogP contribution is 2.29. The van der Waals surface area contributed by atoms with E-state index in [1.54, 1.807) is 11.0 Å². The second-order valence-corrected chi connectivity index (χ2v) is 6.25. The van der Waals surface area contributed by atoms with Crippen LogP contribution < -0.4 is 0 Å². The van der Waals surface area contributed by atoms with Crippen LogP contribution in [0.15, 0.2) is 12.3 Å². The molecule has 1 aromatic rings. The minimum Gasteiger partial charge on any atom is -0.481 e. The summed E-state index contributed by atoms with van der Waals surface area (Å²) < 4.78 is 1.90. The first-order chi connectivity index (χ1) is 10.1. The van der Waals surface area contributed by atoms with Crippen LogP contribution in [0.25, 0.3) is 0 Å². The Kier molecular flexibility index (Phi) is 3.69. The first-order valence-electron chi connectivity index (χ1n) is 7.63. The lowest BCUT2D eigenvalue weighted by Crippen LogP contribution is -2.30. The average Bonchev–Trinajstić information content (AvgIpc) is 3.17. The van der Waals surface area contributed by atoms with Crippen LogP contribution in [0, 0.1) is 11.8 Å². The quantitative estimate of drug-likeness (QED) is 0.921. The molecule has 21 heavy (non-hydrogen) atoms. The molecule has 6 heteroatoms. The molecular weight excluding hydrogens is 270 g/mol. The zero-order valence-electron chi connectivity index (χ0n) is 12.2. The highest BCUT2D eigenvalue weighted by molar-refractivity contribution is 5.93. The number of carboxylic acids is 1. The first kappa shape index (κ1) is 14.1. The van der Waals surface area contributed by atoms with Gasteiger partial charge in [-0.3, -0.25) is 14.3 Å². The Labute approximate surface area is 123 Å². The molecule has 0 bridgehead atoms. The summed E-state index contributed by atoms with van der Waals surface area (Å²) in [5.41, 5.74) is 0.431. The maximum Gasteiger partial charge on any atom is 0.308 e. The Hall–Kier alpha value is -1.85. The van der Waals surface area contributed by atoms with Crippen LogP contribution in [0.4, 0.5) is 0 Å². The first-order valence-corrected chi connectivity index (χ1v) is 7.63. The fourth-order valence-electron chi connectivity index (χ4n) is 3.44. The van der Waals surface area contributed by atoms with Crippen molar-refractivity contribution >= 4 is 11.9 Å². The Balaban J connectivity index is 1.70. The van der Waals surface area contributed by atoms with Gasteiger partial charge in [-0.1, -0.05) is 19.8 Å². The lowest BCUT2D eigenvalue weighted by Gasteiger charge is -2.14. The number of nitrogens with zero attached hydrogens (tertiary/aromatic N) is 3. The molecule has 6 nitrogen and oxygen atoms in total. The monoisotopic (exact) mass is 291 g/mol. The van der Waals surface area contributed by atoms with Gasteiger partial charge >= 0.3 is 5.97 Å². The van der Waals surface area contributed by atoms with Gasteiger partial charge in [0, 0.05) is 19.3 Å². The molecule has 1 aliphatic carbocycles. The molecule has 0 spiro atoms. The van der Waals surface area contributed by atoms with Gasteiger partial charge in [-0.25, -0.2) is 0 Å². The zero-order valence-corrected chi connectivity index (χ0v) is 12.2. The number of hydrogen-bond acceptors (Lipinski definition) is 3. The van der Waals surface area contributed by atoms with Gasteiger partial charge in [0.15, 0.2) is 0 Å². The Bertz CT molecular complexity index is 548. The van der Waals surface area contributed by atoms with Crippen molar-refractivity contribution < 1.29 is 14.7 Å². The predicted octanol–water partition coefficient (Wildman–Crippen LogP) is 1.79. The molecule has 114 valence electrons. The maximum absolute atomic E-state index is 12.4. The lowest BCUT2D eigenvalue weighted by atomic mass is 9.99. The fraction of sp³-hybridized carbons (Fsp3) is 0.667. The highest BCUT2D eigenvalue weighted by Gasteiger charge is 2.37. The van der Waals surface area contributed by atoms with Crippen LogP contribution >= 0.6 is 0 Å². The predicted molar refractivity (Wildman–Crippen MR) is 75.9 cm³/mol. The van der Waals surface area contributed by atoms with Gasteiger partial charge in [-0.15, -0.1) is 0 Å². The zero-order chi connectivity index (χ0) is 15.0. The molecular formula is C15H21N3O3. The molecule has 0 radical (unpaired) electrons. The third-order valence-electron chi connectivity index (χ3n) is 4.74. The molecule has 1 amide bonds. The smallest absolute Gasteiger partial charge is 0.308 e. The van der Waals surface area contributed by atoms with E-state index in [2.05, 4.69) is 5.10 Å². The van der Waals surface area contributed by atoms with E-state index in [-0.39, 0.29) is 18.4 Å². The second kappa shape index (κ2) is 5.50. The Morgan fingerprint density at radius 1 is 1.29 bits per heavy atom. The van der Waals surface area contributed by atoms with Crippen LogP contribution in [-0.4, -0.2) is 44.8 Å². The van der Waals surface area contributed by atoms with Crippen LogP contribution in [-0.2, 0) is 4.79 Å². The van der Waals surface area contributed by atoms with E-state index in [4.69, 9.17) is 5.11 Å². The number of carbonyl (C=O) groups excluding carboxylic acids is 1. The van der Waals surface area contributed by atoms with Gasteiger partial charge in [-0.05, 0) is 24.8 Å². The van der Waals surface area contributed by atoms with Crippen molar-refractivity contribution in [2.24, 2.45) is 11.8 Å². The van der Waals surface area contributed by atoms with Crippen LogP contribution in [0.5, 0.6) is 0 Å². The summed E-state index contributed by atoms with van der Waals surface area (Å²) in [4.78, 5) is 25.2. The normalized spacial score (nSPS) is 26.4. The largest absolute Gasteiger partial charge is 0.481 e. The lowest BCUT2D eigenvalue weighted by molar-refractivity contribution is -0.142. The topological polar surface area (TPSA) is 75.4 Å². The van der Waals surface area contributed by atoms with Crippen molar-refractivity contribution in [2.75, 3.05) is 13.1 Å². The summed E-state index contributed by atoms with van der Waals surface area (Å²) in [6.45, 7) is 2.65. The molecule has 3 rings (SSSR count). The molecule has 1 aromatic heterocycles. The minimum absolute atomic E-state index is 0.0108. The van der Waals surface area contributed by atoms with E-state index in [0.29, 0.717) is 18.3 Å². The number of hydrogen-bond donors (Lipinski definition) is 1. The summed E-state index contributed by atoms with van der Waals surface area (Å²) in [5.74, 6) is -1.45. The van der Waals surface area contributed by atoms with Crippen LogP contribution in [0.3, 0.4) is 0 Å². The summed E-state index contributed by atoms with van der Waals surface area (Å²) in [5, 5.41) is 13.6. The third-order valence-corrected chi connectivity index (χ3v) is 4.74. The van der Waals surface area contributed by atoms with Gasteiger partial charge in [0.2, 0.25) is 0 Å². The Morgan fingerprint density at radius 3 is 2.62 bits per heavy atom. The van der Waals surface area contributed by atoms with E-state index in [9.17, 15) is 9.59 Å². The average molecular weight is 291 g/mol. The number of carbonyl (C=O) groups is 2. The van der Waals surface area contributed by atoms with Gasteiger partial charge in [0.05, 0.1) is 12.0 Å². The number of aliphatic carboxylic acids is 1. The second-order valence-electron chi connectivity index (χ2n) is 6.25. The molecule has 1 N–H and O–H groups in total. The number of amides is 1. The fourth-order valence-corrected chi connectivity index (χ4v) is 3.44. The standard InChI is InChI=1S/C15H21N3O3/c1-10-8-17(9-12(10)15(20)21)14(19)13-6-7-18(16-13)11-4-2-3-5-11/h6-7,10-12H,2-5,8-9H2,1H3,(H,20,21)/t10-,12-/m1/s1. The van der Waals surface area contributed by atoms with Crippen LogP contribution in [0.1, 0.15) is 49.1 Å². The number of carboxylic acid groups (broad SMARTS) is 1. The van der Waals surface area contributed by atoms with Gasteiger partial charge < -0.3 is 10.0 Å². The molecule has 0 unspecified atom stereocenters. The minimum atomic E-state index is -0.825. The summed E-state index contributed by atoms with van der Waals surface area (Å²) in [6.07, 6.45) is 6.56. The third kappa shape index (κ3) is 2.66. The van der Waals surface area contributed by atoms with Crippen molar-refractivity contribution in [1.82, 2.24) is 14.7 Å². The van der Waals surface area contributed by atoms with Crippen molar-refractivity contribution in [2.45, 2.75) is 38.6 Å². The van der Waals surface area contributed by atoms with E-state index >= 15 is 0 Å². The summed E-state index contributed by atoms with van der Waals surface area (Å²) >= 11 is 0. The molecule has 2 atom stereocenters. The SMILES string of the molecule is C[C@@H]1CN(C(=O)c2ccn(C3CCCC3)n2)C[C@H]1C(=O)O. The maximum atomic E-state index is 12.4. The van der Waals surface area contributed by atoms with Crippen LogP contribution in [0.2, 0.25) is 0 Å². The van der Waals surface area contributed by atoms with Gasteiger partial charge in [0.1, 0.15) is 5.69 Å². The molecule has 2 fully saturated rings. The van der Waals surface area contributed by atoms with E-state index in [1.165, 1.54) is 12.8 Å². The highest BCUT2D eigenvalue weighted by atomic mass is 16.4. The molecule has 1 aliphatic heterocycles. The van der Waals surface area contributed by atoms with Gasteiger partial charge in [0.25, 0.3) is 5.91 Å². The Morgan fingerprint density at radius 2 is 2.00 bits per heavy atom. The van der Waals surface area contributed by atoms with E-state index in [1.807, 2.05) is 17.8 Å². The summed E-state index contributed by atoms with van der Waals surface area (Å²) in [7, 11) is 0. The summed E-state index contributed by atoms with van der Waals surface area (Å²) in [6, 6.07) is 2.16. The number of aromatic nitrogens is 2. The van der Waals surface area contributed by atoms with Crippen molar-refractivity contribution in [3.63, 3.8) is 0 Å². The van der Waals surface area contributed by atoms with Crippen molar-refractivity contribution in [3.8, 4) is 0 Å².